The minimum Gasteiger partial charge on any atom is -0.479 e. The van der Waals surface area contributed by atoms with Crippen molar-refractivity contribution >= 4 is 31.6 Å². The molecule has 0 aromatic rings. The number of phosphoric acid groups is 1. The fourth-order valence-corrected chi connectivity index (χ4v) is 13.3. The molecule has 0 saturated carbocycles. The SMILES string of the molecule is CCCCCCCCCCCCCCO[C@H]1[C@H](O)[C@@H](CO[C@@H]2O[C@H](CO)[C@@H](OP(=O)(O)O)[C@H](OCC[C@@H](CCCCCCCCCCC)OC(=O)CCCCCCCCCCCCC)[C@H]2NC(C)=O)O[C@H](C(=O)O)[C@@H]1NC(=O)CCCCCCCCCCCCC. The second-order valence-electron chi connectivity index (χ2n) is 26.5. The molecular weight excluding hydrogens is 1180 g/mol. The Bertz CT molecular complexity index is 1830. The molecule has 19 nitrogen and oxygen atoms in total. The fourth-order valence-electron chi connectivity index (χ4n) is 12.7. The summed E-state index contributed by atoms with van der Waals surface area (Å²) in [4.78, 5) is 73.6. The third kappa shape index (κ3) is 42.1. The van der Waals surface area contributed by atoms with Gasteiger partial charge in [0.05, 0.1) is 25.9 Å². The molecule has 2 heterocycles. The Morgan fingerprint density at radius 2 is 0.890 bits per heavy atom. The van der Waals surface area contributed by atoms with Crippen molar-refractivity contribution in [2.24, 2.45) is 0 Å². The summed E-state index contributed by atoms with van der Waals surface area (Å²) in [5, 5.41) is 39.2. The number of aliphatic hydroxyl groups is 2. The van der Waals surface area contributed by atoms with Crippen LogP contribution in [0.1, 0.15) is 336 Å². The molecule has 0 aromatic heterocycles. The highest BCUT2D eigenvalue weighted by Gasteiger charge is 2.53. The molecule has 2 aliphatic heterocycles. The van der Waals surface area contributed by atoms with E-state index in [2.05, 4.69) is 38.3 Å². The number of ether oxygens (including phenoxy) is 6. The molecule has 2 aliphatic rings. The van der Waals surface area contributed by atoms with Crippen molar-refractivity contribution in [2.45, 2.75) is 404 Å². The van der Waals surface area contributed by atoms with Crippen molar-refractivity contribution in [2.75, 3.05) is 26.4 Å². The van der Waals surface area contributed by atoms with Crippen molar-refractivity contribution in [1.29, 1.82) is 0 Å². The summed E-state index contributed by atoms with van der Waals surface area (Å²) in [5.41, 5.74) is 0. The van der Waals surface area contributed by atoms with Crippen LogP contribution in [0.25, 0.3) is 0 Å². The Morgan fingerprint density at radius 1 is 0.473 bits per heavy atom. The summed E-state index contributed by atoms with van der Waals surface area (Å²) in [6.07, 6.45) is 37.0. The zero-order chi connectivity index (χ0) is 66.6. The van der Waals surface area contributed by atoms with E-state index in [9.17, 15) is 48.8 Å². The topological polar surface area (TPSA) is 275 Å². The van der Waals surface area contributed by atoms with Crippen LogP contribution in [-0.2, 0) is 56.7 Å². The third-order valence-electron chi connectivity index (χ3n) is 18.1. The summed E-state index contributed by atoms with van der Waals surface area (Å²) in [7, 11) is -5.31. The highest BCUT2D eigenvalue weighted by molar-refractivity contribution is 7.46. The molecule has 2 amide bonds. The van der Waals surface area contributed by atoms with E-state index in [0.717, 1.165) is 96.3 Å². The van der Waals surface area contributed by atoms with Crippen LogP contribution in [0.2, 0.25) is 0 Å². The molecule has 536 valence electrons. The molecule has 0 aromatic carbocycles. The van der Waals surface area contributed by atoms with E-state index in [1.54, 1.807) is 0 Å². The van der Waals surface area contributed by atoms with Crippen molar-refractivity contribution in [3.63, 3.8) is 0 Å². The normalized spacial score (nSPS) is 22.3. The number of carbonyl (C=O) groups excluding carboxylic acids is 3. The highest BCUT2D eigenvalue weighted by atomic mass is 31.2. The van der Waals surface area contributed by atoms with Gasteiger partial charge in [0.1, 0.15) is 48.8 Å². The number of rotatable bonds is 62. The summed E-state index contributed by atoms with van der Waals surface area (Å²) in [6, 6.07) is -2.64. The van der Waals surface area contributed by atoms with Gasteiger partial charge in [0, 0.05) is 32.8 Å². The first-order chi connectivity index (χ1) is 44.1. The molecule has 0 radical (unpaired) electrons. The number of nitrogens with one attached hydrogen (secondary N) is 2. The summed E-state index contributed by atoms with van der Waals surface area (Å²) in [6.45, 7) is 8.73. The smallest absolute Gasteiger partial charge is 0.470 e. The van der Waals surface area contributed by atoms with Crippen LogP contribution in [-0.4, -0.2) is 142 Å². The molecule has 2 rings (SSSR count). The first-order valence-corrected chi connectivity index (χ1v) is 38.8. The molecule has 11 atom stereocenters. The average Bonchev–Trinajstić information content (AvgIpc) is 0.825. The molecule has 0 aliphatic carbocycles. The van der Waals surface area contributed by atoms with E-state index in [1.165, 1.54) is 167 Å². The maximum Gasteiger partial charge on any atom is 0.470 e. The minimum atomic E-state index is -5.31. The van der Waals surface area contributed by atoms with Gasteiger partial charge in [-0.3, -0.25) is 18.9 Å². The van der Waals surface area contributed by atoms with E-state index in [-0.39, 0.29) is 44.4 Å². The Hall–Kier alpha value is -2.29. The van der Waals surface area contributed by atoms with E-state index in [4.69, 9.17) is 32.9 Å². The largest absolute Gasteiger partial charge is 0.479 e. The van der Waals surface area contributed by atoms with Gasteiger partial charge in [-0.2, -0.15) is 0 Å². The number of carboxylic acid groups (broad SMARTS) is 1. The lowest BCUT2D eigenvalue weighted by Crippen LogP contribution is -2.68. The molecule has 0 unspecified atom stereocenters. The predicted molar refractivity (Wildman–Crippen MR) is 360 cm³/mol. The van der Waals surface area contributed by atoms with Gasteiger partial charge in [0.25, 0.3) is 0 Å². The van der Waals surface area contributed by atoms with Crippen molar-refractivity contribution in [3.05, 3.63) is 0 Å². The van der Waals surface area contributed by atoms with Gasteiger partial charge in [-0.25, -0.2) is 9.36 Å². The quantitative estimate of drug-likeness (QED) is 0.0169. The Kier molecular flexibility index (Phi) is 52.0. The van der Waals surface area contributed by atoms with Gasteiger partial charge in [-0.15, -0.1) is 0 Å². The Labute approximate surface area is 551 Å². The number of carboxylic acids is 1. The van der Waals surface area contributed by atoms with Crippen LogP contribution < -0.4 is 10.6 Å². The van der Waals surface area contributed by atoms with Crippen LogP contribution in [0.4, 0.5) is 0 Å². The number of carbonyl (C=O) groups is 4. The fraction of sp³-hybridized carbons (Fsp3) is 0.944. The van der Waals surface area contributed by atoms with E-state index >= 15 is 0 Å². The van der Waals surface area contributed by atoms with E-state index in [1.807, 2.05) is 0 Å². The average molecular weight is 1320 g/mol. The van der Waals surface area contributed by atoms with Crippen LogP contribution in [0.5, 0.6) is 0 Å². The molecule has 91 heavy (non-hydrogen) atoms. The van der Waals surface area contributed by atoms with Crippen molar-refractivity contribution < 1.29 is 81.8 Å². The number of unbranched alkanes of at least 4 members (excludes halogenated alkanes) is 39. The first-order valence-electron chi connectivity index (χ1n) is 37.3. The zero-order valence-electron chi connectivity index (χ0n) is 58.0. The molecule has 7 N–H and O–H groups in total. The molecule has 0 bridgehead atoms. The highest BCUT2D eigenvalue weighted by Crippen LogP contribution is 2.42. The van der Waals surface area contributed by atoms with Crippen LogP contribution in [0.3, 0.4) is 0 Å². The molecule has 0 spiro atoms. The molecule has 2 saturated heterocycles. The van der Waals surface area contributed by atoms with Gasteiger partial charge >= 0.3 is 19.8 Å². The van der Waals surface area contributed by atoms with Crippen molar-refractivity contribution in [3.8, 4) is 0 Å². The Balaban J connectivity index is 2.30. The molecule has 20 heteroatoms. The number of aliphatic hydroxyl groups excluding tert-OH is 2. The monoisotopic (exact) mass is 1320 g/mol. The summed E-state index contributed by atoms with van der Waals surface area (Å²) < 4.78 is 55.3. The van der Waals surface area contributed by atoms with Gasteiger partial charge in [-0.05, 0) is 32.1 Å². The zero-order valence-corrected chi connectivity index (χ0v) is 58.9. The predicted octanol–water partition coefficient (Wildman–Crippen LogP) is 15.5. The lowest BCUT2D eigenvalue weighted by molar-refractivity contribution is -0.289. The van der Waals surface area contributed by atoms with Gasteiger partial charge in [-0.1, -0.05) is 278 Å². The number of esters is 1. The van der Waals surface area contributed by atoms with Crippen LogP contribution in [0, 0.1) is 0 Å². The third-order valence-corrected chi connectivity index (χ3v) is 18.7. The maximum atomic E-state index is 13.6. The minimum absolute atomic E-state index is 0.129. The summed E-state index contributed by atoms with van der Waals surface area (Å²) >= 11 is 0. The number of hydrogen-bond acceptors (Lipinski definition) is 14. The lowest BCUT2D eigenvalue weighted by atomic mass is 9.92. The van der Waals surface area contributed by atoms with Gasteiger partial charge in [0.2, 0.25) is 11.8 Å². The van der Waals surface area contributed by atoms with E-state index < -0.39 is 100 Å². The van der Waals surface area contributed by atoms with Crippen LogP contribution >= 0.6 is 7.82 Å². The maximum absolute atomic E-state index is 13.6. The molecule has 2 fully saturated rings. The Morgan fingerprint density at radius 3 is 1.32 bits per heavy atom. The number of aliphatic carboxylic acids is 1. The lowest BCUT2D eigenvalue weighted by Gasteiger charge is -2.47. The standard InChI is InChI=1S/C71H135N2O17P/c1-6-10-14-18-22-26-29-32-36-40-44-48-53-84-67-63(73-61(76)50-46-42-38-34-30-27-23-19-15-11-7-2)69(70(79)80)88-60(65(67)78)56-86-71-64(72-57(5)75)68(66(59(55-74)89-71)90-91(81,82)83)85-54-52-58(49-45-41-37-33-25-21-17-13-9-4)87-62(77)51-47-43-39-35-31-28-24-20-16-12-8-3/h58-60,63-69,71,74,78H,6-56H2,1-5H3,(H,72,75)(H,73,76)(H,79,80)(H2,81,82,83)/t58-,59-,60-,63-,64-,65-,66-,67-,68-,69+,71-/m1/s1. The summed E-state index contributed by atoms with van der Waals surface area (Å²) in [5.74, 6) is -2.70. The van der Waals surface area contributed by atoms with Gasteiger partial charge in [0.15, 0.2) is 12.4 Å². The number of amides is 2. The van der Waals surface area contributed by atoms with Crippen molar-refractivity contribution in [1.82, 2.24) is 10.6 Å². The molecular formula is C71H135N2O17P. The van der Waals surface area contributed by atoms with E-state index in [0.29, 0.717) is 25.7 Å². The first kappa shape index (κ1) is 84.8. The second-order valence-corrected chi connectivity index (χ2v) is 27.7. The number of phosphoric ester groups is 1. The van der Waals surface area contributed by atoms with Crippen LogP contribution in [0.15, 0.2) is 0 Å². The number of hydrogen-bond donors (Lipinski definition) is 7. The van der Waals surface area contributed by atoms with Gasteiger partial charge < -0.3 is 64.2 Å². The second kappa shape index (κ2) is 55.8.